The van der Waals surface area contributed by atoms with Gasteiger partial charge in [-0.15, -0.1) is 0 Å². The number of nitrogens with zero attached hydrogens (tertiary/aromatic N) is 3. The van der Waals surface area contributed by atoms with E-state index in [1.165, 1.54) is 0 Å². The fraction of sp³-hybridized carbons (Fsp3) is 0.750. The predicted molar refractivity (Wildman–Crippen MR) is 68.2 cm³/mol. The molecule has 1 aromatic rings. The molecular formula is C12H24N4O. The quantitative estimate of drug-likeness (QED) is 0.762. The Hall–Kier alpha value is -0.910. The van der Waals surface area contributed by atoms with Crippen LogP contribution in [-0.2, 0) is 11.9 Å². The minimum absolute atomic E-state index is 0.0158. The van der Waals surface area contributed by atoms with Crippen molar-refractivity contribution in [1.29, 1.82) is 0 Å². The first-order valence-corrected chi connectivity index (χ1v) is 6.00. The van der Waals surface area contributed by atoms with Crippen LogP contribution in [0.1, 0.15) is 32.4 Å². The van der Waals surface area contributed by atoms with Crippen molar-refractivity contribution in [2.45, 2.75) is 32.9 Å². The lowest BCUT2D eigenvalue weighted by Gasteiger charge is -2.32. The standard InChI is InChI=1S/C12H24N4O/c1-9(2)7-16(17-5)12(10(3)13)11-6-14-15(4)8-11/h6,8-10,12H,7,13H2,1-5H3. The molecule has 0 fully saturated rings. The summed E-state index contributed by atoms with van der Waals surface area (Å²) in [5, 5.41) is 6.13. The van der Waals surface area contributed by atoms with Crippen LogP contribution in [0.5, 0.6) is 0 Å². The molecule has 1 rings (SSSR count). The fourth-order valence-corrected chi connectivity index (χ4v) is 1.99. The highest BCUT2D eigenvalue weighted by Crippen LogP contribution is 2.24. The highest BCUT2D eigenvalue weighted by molar-refractivity contribution is 5.12. The lowest BCUT2D eigenvalue weighted by molar-refractivity contribution is -0.173. The molecule has 1 heterocycles. The summed E-state index contributed by atoms with van der Waals surface area (Å²) >= 11 is 0. The van der Waals surface area contributed by atoms with Gasteiger partial charge in [0.25, 0.3) is 0 Å². The third kappa shape index (κ3) is 3.80. The Labute approximate surface area is 103 Å². The van der Waals surface area contributed by atoms with Gasteiger partial charge in [-0.3, -0.25) is 4.68 Å². The van der Waals surface area contributed by atoms with Crippen LogP contribution in [0.4, 0.5) is 0 Å². The van der Waals surface area contributed by atoms with Crippen molar-refractivity contribution in [1.82, 2.24) is 14.8 Å². The molecule has 2 N–H and O–H groups in total. The first-order valence-electron chi connectivity index (χ1n) is 6.00. The molecule has 0 aliphatic rings. The van der Waals surface area contributed by atoms with Gasteiger partial charge in [0, 0.05) is 31.4 Å². The maximum absolute atomic E-state index is 6.07. The van der Waals surface area contributed by atoms with E-state index in [9.17, 15) is 0 Å². The molecule has 0 saturated heterocycles. The van der Waals surface area contributed by atoms with Gasteiger partial charge < -0.3 is 10.6 Å². The predicted octanol–water partition coefficient (Wildman–Crippen LogP) is 1.33. The Morgan fingerprint density at radius 3 is 2.47 bits per heavy atom. The molecule has 0 bridgehead atoms. The second-order valence-corrected chi connectivity index (χ2v) is 4.93. The number of hydroxylamine groups is 2. The summed E-state index contributed by atoms with van der Waals surface area (Å²) < 4.78 is 1.79. The van der Waals surface area contributed by atoms with Gasteiger partial charge in [0.15, 0.2) is 0 Å². The topological polar surface area (TPSA) is 56.3 Å². The summed E-state index contributed by atoms with van der Waals surface area (Å²) in [6, 6.07) is 0.0222. The Bertz CT molecular complexity index is 335. The maximum Gasteiger partial charge on any atom is 0.0780 e. The van der Waals surface area contributed by atoms with Crippen LogP contribution >= 0.6 is 0 Å². The van der Waals surface area contributed by atoms with Gasteiger partial charge in [0.1, 0.15) is 0 Å². The van der Waals surface area contributed by atoms with Gasteiger partial charge >= 0.3 is 0 Å². The molecule has 5 nitrogen and oxygen atoms in total. The van der Waals surface area contributed by atoms with E-state index in [-0.39, 0.29) is 12.1 Å². The minimum Gasteiger partial charge on any atom is -0.326 e. The van der Waals surface area contributed by atoms with Gasteiger partial charge in [-0.2, -0.15) is 10.2 Å². The van der Waals surface area contributed by atoms with Crippen molar-refractivity contribution in [3.8, 4) is 0 Å². The normalized spacial score (nSPS) is 15.5. The monoisotopic (exact) mass is 240 g/mol. The summed E-state index contributed by atoms with van der Waals surface area (Å²) in [6.07, 6.45) is 3.83. The molecule has 1 aromatic heterocycles. The van der Waals surface area contributed by atoms with Crippen LogP contribution in [-0.4, -0.2) is 34.5 Å². The first kappa shape index (κ1) is 14.2. The molecule has 0 aliphatic carbocycles. The number of aromatic nitrogens is 2. The summed E-state index contributed by atoms with van der Waals surface area (Å²) in [5.41, 5.74) is 7.16. The van der Waals surface area contributed by atoms with Crippen LogP contribution in [0.2, 0.25) is 0 Å². The highest BCUT2D eigenvalue weighted by atomic mass is 16.7. The van der Waals surface area contributed by atoms with E-state index in [0.29, 0.717) is 5.92 Å². The summed E-state index contributed by atoms with van der Waals surface area (Å²) in [5.74, 6) is 0.521. The van der Waals surface area contributed by atoms with Gasteiger partial charge in [-0.25, -0.2) is 0 Å². The van der Waals surface area contributed by atoms with E-state index in [2.05, 4.69) is 18.9 Å². The van der Waals surface area contributed by atoms with Gasteiger partial charge in [-0.05, 0) is 12.8 Å². The van der Waals surface area contributed by atoms with Crippen molar-refractivity contribution in [2.75, 3.05) is 13.7 Å². The number of rotatable bonds is 6. The molecular weight excluding hydrogens is 216 g/mol. The van der Waals surface area contributed by atoms with Crippen molar-refractivity contribution in [3.05, 3.63) is 18.0 Å². The number of nitrogens with two attached hydrogens (primary N) is 1. The van der Waals surface area contributed by atoms with E-state index in [4.69, 9.17) is 10.6 Å². The maximum atomic E-state index is 6.07. The average molecular weight is 240 g/mol. The molecule has 2 atom stereocenters. The first-order chi connectivity index (χ1) is 7.95. The lowest BCUT2D eigenvalue weighted by atomic mass is 10.0. The van der Waals surface area contributed by atoms with E-state index in [1.807, 2.05) is 31.4 Å². The molecule has 0 saturated carbocycles. The zero-order valence-corrected chi connectivity index (χ0v) is 11.4. The molecule has 2 unspecified atom stereocenters. The number of hydrogen-bond donors (Lipinski definition) is 1. The molecule has 17 heavy (non-hydrogen) atoms. The molecule has 5 heteroatoms. The smallest absolute Gasteiger partial charge is 0.0780 e. The fourth-order valence-electron chi connectivity index (χ4n) is 1.99. The summed E-state index contributed by atoms with van der Waals surface area (Å²) in [7, 11) is 3.59. The van der Waals surface area contributed by atoms with Crippen LogP contribution in [0.25, 0.3) is 0 Å². The summed E-state index contributed by atoms with van der Waals surface area (Å²) in [6.45, 7) is 7.16. The lowest BCUT2D eigenvalue weighted by Crippen LogP contribution is -2.40. The zero-order chi connectivity index (χ0) is 13.0. The molecule has 0 aromatic carbocycles. The minimum atomic E-state index is -0.0158. The third-order valence-electron chi connectivity index (χ3n) is 2.65. The van der Waals surface area contributed by atoms with Gasteiger partial charge in [-0.1, -0.05) is 13.8 Å². The van der Waals surface area contributed by atoms with Crippen molar-refractivity contribution >= 4 is 0 Å². The van der Waals surface area contributed by atoms with Crippen LogP contribution < -0.4 is 5.73 Å². The molecule has 98 valence electrons. The van der Waals surface area contributed by atoms with Crippen LogP contribution in [0.15, 0.2) is 12.4 Å². The van der Waals surface area contributed by atoms with Crippen molar-refractivity contribution in [3.63, 3.8) is 0 Å². The Kier molecular flexibility index (Phi) is 5.11. The molecule has 0 aliphatic heterocycles. The van der Waals surface area contributed by atoms with Crippen molar-refractivity contribution in [2.24, 2.45) is 18.7 Å². The second kappa shape index (κ2) is 6.14. The molecule has 0 spiro atoms. The van der Waals surface area contributed by atoms with E-state index < -0.39 is 0 Å². The average Bonchev–Trinajstić information content (AvgIpc) is 2.62. The van der Waals surface area contributed by atoms with Gasteiger partial charge in [0.05, 0.1) is 19.3 Å². The van der Waals surface area contributed by atoms with E-state index in [0.717, 1.165) is 12.1 Å². The summed E-state index contributed by atoms with van der Waals surface area (Å²) in [4.78, 5) is 5.46. The van der Waals surface area contributed by atoms with Crippen molar-refractivity contribution < 1.29 is 4.84 Å². The molecule has 0 radical (unpaired) electrons. The van der Waals surface area contributed by atoms with Crippen LogP contribution in [0, 0.1) is 5.92 Å². The third-order valence-corrected chi connectivity index (χ3v) is 2.65. The Balaban J connectivity index is 2.90. The van der Waals surface area contributed by atoms with E-state index >= 15 is 0 Å². The second-order valence-electron chi connectivity index (χ2n) is 4.93. The Morgan fingerprint density at radius 1 is 1.47 bits per heavy atom. The largest absolute Gasteiger partial charge is 0.326 e. The SMILES string of the molecule is CON(CC(C)C)C(c1cnn(C)c1)C(C)N. The van der Waals surface area contributed by atoms with E-state index in [1.54, 1.807) is 11.8 Å². The number of hydrogen-bond acceptors (Lipinski definition) is 4. The van der Waals surface area contributed by atoms with Gasteiger partial charge in [0.2, 0.25) is 0 Å². The highest BCUT2D eigenvalue weighted by Gasteiger charge is 2.26. The number of aryl methyl sites for hydroxylation is 1. The van der Waals surface area contributed by atoms with Crippen LogP contribution in [0.3, 0.4) is 0 Å². The molecule has 0 amide bonds. The Morgan fingerprint density at radius 2 is 2.12 bits per heavy atom. The zero-order valence-electron chi connectivity index (χ0n) is 11.4.